The van der Waals surface area contributed by atoms with E-state index >= 15 is 0 Å². The fraction of sp³-hybridized carbons (Fsp3) is 0.273. The maximum atomic E-state index is 12.2. The number of amides is 1. The summed E-state index contributed by atoms with van der Waals surface area (Å²) in [5.74, 6) is -3.32. The Kier molecular flexibility index (Phi) is 4.28. The van der Waals surface area contributed by atoms with Crippen LogP contribution < -0.4 is 5.73 Å². The molecule has 8 heteroatoms. The molecule has 1 rings (SSSR count). The Balaban J connectivity index is 3.08. The first-order chi connectivity index (χ1) is 8.64. The number of hydrogen-bond donors (Lipinski definition) is 3. The number of halogens is 3. The molecule has 0 bridgehead atoms. The lowest BCUT2D eigenvalue weighted by Crippen LogP contribution is -2.34. The Morgan fingerprint density at radius 2 is 1.79 bits per heavy atom. The highest BCUT2D eigenvalue weighted by molar-refractivity contribution is 6.00. The van der Waals surface area contributed by atoms with Crippen molar-refractivity contribution in [3.05, 3.63) is 35.4 Å². The van der Waals surface area contributed by atoms with Gasteiger partial charge in [-0.15, -0.1) is 0 Å². The second-order valence-electron chi connectivity index (χ2n) is 3.74. The first-order valence-electron chi connectivity index (χ1n) is 5.01. The Bertz CT molecular complexity index is 501. The van der Waals surface area contributed by atoms with Gasteiger partial charge in [0, 0.05) is 5.56 Å². The predicted octanol–water partition coefficient (Wildman–Crippen LogP) is 0.311. The fourth-order valence-electron chi connectivity index (χ4n) is 1.37. The van der Waals surface area contributed by atoms with E-state index in [9.17, 15) is 33.0 Å². The zero-order valence-corrected chi connectivity index (χ0v) is 9.39. The van der Waals surface area contributed by atoms with E-state index in [1.807, 2.05) is 0 Å². The van der Waals surface area contributed by atoms with Gasteiger partial charge in [0.2, 0.25) is 5.91 Å². The van der Waals surface area contributed by atoms with Gasteiger partial charge in [0.05, 0.1) is 0 Å². The number of carbonyl (C=O) groups excluding carboxylic acids is 2. The summed E-state index contributed by atoms with van der Waals surface area (Å²) in [4.78, 5) is 21.6. The Morgan fingerprint density at radius 1 is 1.21 bits per heavy atom. The molecular weight excluding hydrogens is 267 g/mol. The van der Waals surface area contributed by atoms with E-state index in [0.717, 1.165) is 24.3 Å². The van der Waals surface area contributed by atoms with Crippen LogP contribution in [0.5, 0.6) is 0 Å². The topological polar surface area (TPSA) is 101 Å². The molecule has 0 aliphatic carbocycles. The van der Waals surface area contributed by atoms with Crippen molar-refractivity contribution >= 4 is 11.7 Å². The number of ketones is 1. The van der Waals surface area contributed by atoms with Crippen LogP contribution >= 0.6 is 0 Å². The number of aliphatic hydroxyl groups is 2. The Hall–Kier alpha value is -1.93. The molecule has 4 N–H and O–H groups in total. The minimum absolute atomic E-state index is 0.221. The third-order valence-electron chi connectivity index (χ3n) is 2.34. The summed E-state index contributed by atoms with van der Waals surface area (Å²) in [6.45, 7) is 0. The summed E-state index contributed by atoms with van der Waals surface area (Å²) < 4.78 is 36.7. The van der Waals surface area contributed by atoms with E-state index in [0.29, 0.717) is 0 Å². The van der Waals surface area contributed by atoms with Crippen LogP contribution in [0.25, 0.3) is 0 Å². The molecule has 0 saturated heterocycles. The maximum Gasteiger partial charge on any atom is 0.454 e. The number of carbonyl (C=O) groups is 2. The molecule has 2 atom stereocenters. The smallest absolute Gasteiger partial charge is 0.385 e. The van der Waals surface area contributed by atoms with Crippen LogP contribution in [0.2, 0.25) is 0 Å². The van der Waals surface area contributed by atoms with Gasteiger partial charge in [-0.25, -0.2) is 0 Å². The quantitative estimate of drug-likeness (QED) is 0.689. The Morgan fingerprint density at radius 3 is 2.26 bits per heavy atom. The van der Waals surface area contributed by atoms with E-state index < -0.39 is 35.6 Å². The molecule has 0 heterocycles. The van der Waals surface area contributed by atoms with Crippen molar-refractivity contribution in [2.24, 2.45) is 5.73 Å². The fourth-order valence-corrected chi connectivity index (χ4v) is 1.37. The predicted molar refractivity (Wildman–Crippen MR) is 57.0 cm³/mol. The second kappa shape index (κ2) is 5.37. The molecule has 0 saturated carbocycles. The number of rotatable bonds is 4. The zero-order chi connectivity index (χ0) is 14.8. The molecule has 104 valence electrons. The van der Waals surface area contributed by atoms with Crippen LogP contribution in [0, 0.1) is 0 Å². The van der Waals surface area contributed by atoms with Gasteiger partial charge in [0.15, 0.2) is 6.10 Å². The summed E-state index contributed by atoms with van der Waals surface area (Å²) in [5, 5.41) is 18.7. The lowest BCUT2D eigenvalue weighted by atomic mass is 10.00. The molecule has 0 fully saturated rings. The molecule has 19 heavy (non-hydrogen) atoms. The van der Waals surface area contributed by atoms with Crippen LogP contribution in [0.4, 0.5) is 13.2 Å². The molecule has 0 aliphatic heterocycles. The van der Waals surface area contributed by atoms with Crippen LogP contribution in [0.3, 0.4) is 0 Å². The van der Waals surface area contributed by atoms with Crippen LogP contribution in [0.15, 0.2) is 24.3 Å². The first-order valence-corrected chi connectivity index (χ1v) is 5.01. The van der Waals surface area contributed by atoms with Gasteiger partial charge in [-0.1, -0.05) is 18.2 Å². The normalized spacial score (nSPS) is 14.8. The zero-order valence-electron chi connectivity index (χ0n) is 9.39. The van der Waals surface area contributed by atoms with E-state index in [2.05, 4.69) is 0 Å². The van der Waals surface area contributed by atoms with Crippen molar-refractivity contribution in [2.45, 2.75) is 18.4 Å². The van der Waals surface area contributed by atoms with Gasteiger partial charge in [-0.2, -0.15) is 13.2 Å². The SMILES string of the molecule is NC(=O)C(O)C(O)c1cccc(C(=O)C(F)(F)F)c1. The van der Waals surface area contributed by atoms with Crippen molar-refractivity contribution < 1.29 is 33.0 Å². The molecule has 0 spiro atoms. The van der Waals surface area contributed by atoms with E-state index in [4.69, 9.17) is 5.73 Å². The Labute approximate surface area is 105 Å². The number of hydrogen-bond acceptors (Lipinski definition) is 4. The van der Waals surface area contributed by atoms with Gasteiger partial charge in [-0.05, 0) is 11.6 Å². The summed E-state index contributed by atoms with van der Waals surface area (Å²) >= 11 is 0. The van der Waals surface area contributed by atoms with Gasteiger partial charge in [0.1, 0.15) is 6.10 Å². The molecule has 1 aromatic rings. The summed E-state index contributed by atoms with van der Waals surface area (Å²) in [5.41, 5.74) is 3.82. The molecule has 1 amide bonds. The minimum Gasteiger partial charge on any atom is -0.385 e. The highest BCUT2D eigenvalue weighted by Crippen LogP contribution is 2.24. The minimum atomic E-state index is -5.05. The molecule has 1 aromatic carbocycles. The van der Waals surface area contributed by atoms with E-state index in [-0.39, 0.29) is 5.56 Å². The number of nitrogens with two attached hydrogens (primary N) is 1. The molecule has 2 unspecified atom stereocenters. The molecule has 0 aromatic heterocycles. The van der Waals surface area contributed by atoms with E-state index in [1.54, 1.807) is 0 Å². The number of primary amides is 1. The molecule has 5 nitrogen and oxygen atoms in total. The summed E-state index contributed by atoms with van der Waals surface area (Å²) in [7, 11) is 0. The van der Waals surface area contributed by atoms with Crippen LogP contribution in [-0.4, -0.2) is 34.2 Å². The third kappa shape index (κ3) is 3.52. The highest BCUT2D eigenvalue weighted by Gasteiger charge is 2.39. The largest absolute Gasteiger partial charge is 0.454 e. The van der Waals surface area contributed by atoms with Crippen molar-refractivity contribution in [3.63, 3.8) is 0 Å². The van der Waals surface area contributed by atoms with Crippen molar-refractivity contribution in [3.8, 4) is 0 Å². The summed E-state index contributed by atoms with van der Waals surface area (Å²) in [6.07, 6.45) is -8.83. The lowest BCUT2D eigenvalue weighted by Gasteiger charge is -2.16. The van der Waals surface area contributed by atoms with Crippen LogP contribution in [0.1, 0.15) is 22.0 Å². The standard InChI is InChI=1S/C11H10F3NO4/c12-11(13,14)9(18)6-3-1-2-5(4-6)7(16)8(17)10(15)19/h1-4,7-8,16-17H,(H2,15,19). The van der Waals surface area contributed by atoms with Crippen molar-refractivity contribution in [1.82, 2.24) is 0 Å². The third-order valence-corrected chi connectivity index (χ3v) is 2.34. The van der Waals surface area contributed by atoms with Crippen LogP contribution in [-0.2, 0) is 4.79 Å². The number of Topliss-reactive ketones (excluding diaryl/α,β-unsaturated/α-hetero) is 1. The maximum absolute atomic E-state index is 12.2. The number of benzene rings is 1. The van der Waals surface area contributed by atoms with Crippen molar-refractivity contribution in [1.29, 1.82) is 0 Å². The average Bonchev–Trinajstić information content (AvgIpc) is 2.35. The van der Waals surface area contributed by atoms with Gasteiger partial charge >= 0.3 is 6.18 Å². The van der Waals surface area contributed by atoms with Gasteiger partial charge in [-0.3, -0.25) is 9.59 Å². The van der Waals surface area contributed by atoms with Gasteiger partial charge in [0.25, 0.3) is 5.78 Å². The molecule has 0 radical (unpaired) electrons. The summed E-state index contributed by atoms with van der Waals surface area (Å²) in [6, 6.07) is 3.89. The van der Waals surface area contributed by atoms with Crippen molar-refractivity contribution in [2.75, 3.05) is 0 Å². The number of aliphatic hydroxyl groups excluding tert-OH is 2. The lowest BCUT2D eigenvalue weighted by molar-refractivity contribution is -0.132. The highest BCUT2D eigenvalue weighted by atomic mass is 19.4. The monoisotopic (exact) mass is 277 g/mol. The number of alkyl halides is 3. The van der Waals surface area contributed by atoms with Gasteiger partial charge < -0.3 is 15.9 Å². The molecule has 0 aliphatic rings. The average molecular weight is 277 g/mol. The van der Waals surface area contributed by atoms with E-state index in [1.165, 1.54) is 0 Å². The second-order valence-corrected chi connectivity index (χ2v) is 3.74. The molecular formula is C11H10F3NO4. The first kappa shape index (κ1) is 15.1.